The van der Waals surface area contributed by atoms with Crippen LogP contribution in [0.2, 0.25) is 5.02 Å². The average molecular weight is 990 g/mol. The van der Waals surface area contributed by atoms with E-state index in [0.717, 1.165) is 11.1 Å². The van der Waals surface area contributed by atoms with E-state index in [1.165, 1.54) is 52.7 Å². The van der Waals surface area contributed by atoms with Crippen molar-refractivity contribution in [3.05, 3.63) is 46.5 Å². The summed E-state index contributed by atoms with van der Waals surface area (Å²) in [5.41, 5.74) is -0.792. The molecule has 0 saturated carbocycles. The Balaban J connectivity index is 1.57. The molecule has 2 fully saturated rings. The monoisotopic (exact) mass is 988 g/mol. The Morgan fingerprint density at radius 3 is 2.51 bits per heavy atom. The summed E-state index contributed by atoms with van der Waals surface area (Å²) in [6.07, 6.45) is 2.48. The number of benzene rings is 1. The molecule has 3 aliphatic rings. The lowest BCUT2D eigenvalue weighted by molar-refractivity contribution is -0.142. The SMILES string of the molecule is CNC(=O)C(CCSSC(C)(C)CCC(=O)N(C)[C@@H](C)C(=O)C[C@H]1CC(=O)N(C)c2cc(cc(OC)c2Cl)C/C(C)=C/C=C/[C@@H](OC)[C@@]2(O)C[C@H](OC(=O)N2)[C@@H](C)[C@@H]2O[C@@]12C)S(=O)(=O)O. The van der Waals surface area contributed by atoms with Crippen molar-refractivity contribution in [2.45, 2.75) is 132 Å². The lowest BCUT2D eigenvalue weighted by Crippen LogP contribution is -2.63. The number of nitrogens with zero attached hydrogens (tertiary/aromatic N) is 2. The highest BCUT2D eigenvalue weighted by molar-refractivity contribution is 8.77. The van der Waals surface area contributed by atoms with Gasteiger partial charge in [0.05, 0.1) is 30.5 Å². The Labute approximate surface area is 395 Å². The highest BCUT2D eigenvalue weighted by Crippen LogP contribution is 2.52. The summed E-state index contributed by atoms with van der Waals surface area (Å²) < 4.78 is 55.8. The van der Waals surface area contributed by atoms with Gasteiger partial charge in [0, 0.05) is 76.3 Å². The first kappa shape index (κ1) is 54.2. The standard InChI is InChI=1S/C44H65ClN4O13S3/c1-25-13-12-14-35(60-11)44(55)24-33(61-41(54)47-44)26(2)39-43(6,62-39)29(23-37(52)49(9)30-20-28(19-25)21-32(59-10)38(30)45)22-31(50)27(3)48(8)36(51)15-17-42(4,5)64-63-18-16-34(40(53)46-7)65(56,57)58/h12-14,20-21,26-27,29,33-35,39,55H,15-19,22-24H2,1-11H3,(H,46,53)(H,47,54)(H,56,57,58)/b14-12+,25-13+/t26-,27+,29+,33+,34?,35-,39+,43+,44+/m1/s1. The maximum absolute atomic E-state index is 14.4. The number of fused-ring (bicyclic) bond motifs is 5. The predicted octanol–water partition coefficient (Wildman–Crippen LogP) is 5.51. The van der Waals surface area contributed by atoms with Crippen LogP contribution in [0.1, 0.15) is 85.6 Å². The van der Waals surface area contributed by atoms with Gasteiger partial charge >= 0.3 is 6.09 Å². The van der Waals surface area contributed by atoms with Gasteiger partial charge in [-0.2, -0.15) is 8.42 Å². The minimum atomic E-state index is -4.58. The first-order valence-electron chi connectivity index (χ1n) is 21.4. The predicted molar refractivity (Wildman–Crippen MR) is 252 cm³/mol. The van der Waals surface area contributed by atoms with Gasteiger partial charge in [0.25, 0.3) is 10.1 Å². The van der Waals surface area contributed by atoms with Gasteiger partial charge < -0.3 is 39.2 Å². The molecule has 4 amide bonds. The third-order valence-electron chi connectivity index (χ3n) is 12.7. The van der Waals surface area contributed by atoms with Gasteiger partial charge in [-0.05, 0) is 71.6 Å². The molecule has 4 bridgehead atoms. The van der Waals surface area contributed by atoms with E-state index in [4.69, 9.17) is 30.5 Å². The largest absolute Gasteiger partial charge is 0.495 e. The quantitative estimate of drug-likeness (QED) is 0.0693. The summed E-state index contributed by atoms with van der Waals surface area (Å²) in [6.45, 7) is 11.0. The van der Waals surface area contributed by atoms with Gasteiger partial charge in [-0.15, -0.1) is 0 Å². The molecule has 9 atom stereocenters. The van der Waals surface area contributed by atoms with Crippen LogP contribution < -0.4 is 20.3 Å². The summed E-state index contributed by atoms with van der Waals surface area (Å²) in [6, 6.07) is 2.71. The van der Waals surface area contributed by atoms with Gasteiger partial charge in [-0.1, -0.05) is 63.9 Å². The number of nitrogens with one attached hydrogen (secondary N) is 2. The van der Waals surface area contributed by atoms with Crippen LogP contribution >= 0.6 is 33.2 Å². The van der Waals surface area contributed by atoms with Gasteiger partial charge in [-0.25, -0.2) is 4.79 Å². The number of ether oxygens (including phenoxy) is 4. The highest BCUT2D eigenvalue weighted by Gasteiger charge is 2.63. The van der Waals surface area contributed by atoms with E-state index < -0.39 is 79.6 Å². The van der Waals surface area contributed by atoms with E-state index >= 15 is 0 Å². The first-order valence-corrected chi connectivity index (χ1v) is 25.6. The molecule has 3 aliphatic heterocycles. The average Bonchev–Trinajstić information content (AvgIpc) is 3.93. The number of Topliss-reactive ketones (excluding diaryl/α,β-unsaturated/α-hetero) is 1. The van der Waals surface area contributed by atoms with E-state index in [2.05, 4.69) is 10.6 Å². The van der Waals surface area contributed by atoms with Crippen LogP contribution in [0.5, 0.6) is 5.75 Å². The zero-order valence-electron chi connectivity index (χ0n) is 39.0. The van der Waals surface area contributed by atoms with E-state index in [1.54, 1.807) is 39.2 Å². The van der Waals surface area contributed by atoms with Crippen molar-refractivity contribution in [1.82, 2.24) is 15.5 Å². The summed E-state index contributed by atoms with van der Waals surface area (Å²) >= 11 is 6.82. The van der Waals surface area contributed by atoms with E-state index in [9.17, 15) is 42.0 Å². The fourth-order valence-electron chi connectivity index (χ4n) is 8.25. The fourth-order valence-corrected chi connectivity index (χ4v) is 12.2. The molecule has 2 saturated heterocycles. The number of hydrogen-bond acceptors (Lipinski definition) is 14. The summed E-state index contributed by atoms with van der Waals surface area (Å²) in [5, 5.41) is 15.3. The molecular weight excluding hydrogens is 924 g/mol. The van der Waals surface area contributed by atoms with Crippen molar-refractivity contribution in [2.24, 2.45) is 11.8 Å². The molecule has 0 radical (unpaired) electrons. The van der Waals surface area contributed by atoms with Crippen molar-refractivity contribution < 1.29 is 61.0 Å². The van der Waals surface area contributed by atoms with E-state index in [1.807, 2.05) is 46.8 Å². The number of anilines is 1. The molecule has 364 valence electrons. The topological polar surface area (TPSA) is 231 Å². The maximum Gasteiger partial charge on any atom is 0.409 e. The van der Waals surface area contributed by atoms with E-state index in [0.29, 0.717) is 24.3 Å². The smallest absolute Gasteiger partial charge is 0.409 e. The van der Waals surface area contributed by atoms with Crippen LogP contribution in [0, 0.1) is 11.8 Å². The lowest BCUT2D eigenvalue weighted by atomic mass is 9.77. The lowest BCUT2D eigenvalue weighted by Gasteiger charge is -2.42. The first-order chi connectivity index (χ1) is 30.2. The number of carbonyl (C=O) groups excluding carboxylic acids is 5. The molecule has 1 aromatic carbocycles. The normalized spacial score (nSPS) is 28.6. The van der Waals surface area contributed by atoms with Crippen molar-refractivity contribution in [3.8, 4) is 5.75 Å². The van der Waals surface area contributed by atoms with Gasteiger partial charge in [0.15, 0.2) is 16.8 Å². The molecule has 1 aromatic rings. The van der Waals surface area contributed by atoms with Crippen molar-refractivity contribution in [3.63, 3.8) is 0 Å². The molecule has 17 nitrogen and oxygen atoms in total. The molecule has 0 aromatic heterocycles. The van der Waals surface area contributed by atoms with Gasteiger partial charge in [-0.3, -0.25) is 29.0 Å². The van der Waals surface area contributed by atoms with Gasteiger partial charge in [0.1, 0.15) is 23.0 Å². The van der Waals surface area contributed by atoms with Crippen LogP contribution in [-0.4, -0.2) is 139 Å². The van der Waals surface area contributed by atoms with Crippen molar-refractivity contribution in [2.75, 3.05) is 46.0 Å². The minimum Gasteiger partial charge on any atom is -0.495 e. The zero-order valence-corrected chi connectivity index (χ0v) is 42.2. The number of rotatable bonds is 16. The zero-order chi connectivity index (χ0) is 48.8. The summed E-state index contributed by atoms with van der Waals surface area (Å²) in [5.74, 6) is -2.37. The molecular formula is C44H65ClN4O13S3. The van der Waals surface area contributed by atoms with Crippen molar-refractivity contribution >= 4 is 78.6 Å². The Kier molecular flexibility index (Phi) is 18.5. The molecule has 4 N–H and O–H groups in total. The number of halogens is 1. The fraction of sp³-hybridized carbons (Fsp3) is 0.659. The van der Waals surface area contributed by atoms with Crippen LogP contribution in [0.3, 0.4) is 0 Å². The van der Waals surface area contributed by atoms with E-state index in [-0.39, 0.29) is 60.5 Å². The van der Waals surface area contributed by atoms with Crippen LogP contribution in [0.25, 0.3) is 0 Å². The van der Waals surface area contributed by atoms with Crippen molar-refractivity contribution in [1.29, 1.82) is 0 Å². The molecule has 0 aliphatic carbocycles. The minimum absolute atomic E-state index is 0.0546. The summed E-state index contributed by atoms with van der Waals surface area (Å²) in [4.78, 5) is 70.0. The number of ketones is 1. The molecule has 1 unspecified atom stereocenters. The Morgan fingerprint density at radius 2 is 1.89 bits per heavy atom. The highest BCUT2D eigenvalue weighted by atomic mass is 35.5. The number of alkyl carbamates (subject to hydrolysis) is 1. The molecule has 4 rings (SSSR count). The number of methoxy groups -OCH3 is 2. The number of hydrogen-bond donors (Lipinski definition) is 4. The number of amides is 4. The third kappa shape index (κ3) is 13.6. The second-order valence-corrected chi connectivity index (χ2v) is 23.0. The number of aliphatic hydroxyl groups is 1. The number of epoxide rings is 1. The summed E-state index contributed by atoms with van der Waals surface area (Å²) in [7, 11) is 5.51. The van der Waals surface area contributed by atoms with Crippen LogP contribution in [-0.2, 0) is 49.9 Å². The number of likely N-dealkylation sites (N-methyl/N-ethyl adjacent to an activating group) is 1. The third-order valence-corrected chi connectivity index (χ3v) is 17.6. The second-order valence-electron chi connectivity index (χ2n) is 17.9. The second kappa shape index (κ2) is 22.2. The van der Waals surface area contributed by atoms with Crippen LogP contribution in [0.4, 0.5) is 10.5 Å². The number of allylic oxidation sites excluding steroid dienone is 3. The molecule has 0 spiro atoms. The number of carbonyl (C=O) groups is 5. The molecule has 65 heavy (non-hydrogen) atoms. The Morgan fingerprint density at radius 1 is 1.22 bits per heavy atom. The maximum atomic E-state index is 14.4. The van der Waals surface area contributed by atoms with Gasteiger partial charge in [0.2, 0.25) is 17.7 Å². The molecule has 3 heterocycles. The Hall–Kier alpha value is -3.37. The van der Waals surface area contributed by atoms with Crippen LogP contribution in [0.15, 0.2) is 35.9 Å². The molecule has 21 heteroatoms. The Bertz CT molecular complexity index is 2120.